The molecule has 0 aliphatic heterocycles. The maximum absolute atomic E-state index is 13.3. The van der Waals surface area contributed by atoms with Crippen molar-refractivity contribution in [3.8, 4) is 28.3 Å². The van der Waals surface area contributed by atoms with Crippen LogP contribution in [0.1, 0.15) is 37.6 Å². The van der Waals surface area contributed by atoms with E-state index in [4.69, 9.17) is 9.47 Å². The molecule has 178 valence electrons. The molecule has 4 aromatic rings. The number of carbonyl (C=O) groups excluding carboxylic acids is 1. The number of Topliss-reactive ketones (excluding diaryl/α,β-unsaturated/α-hetero) is 1. The van der Waals surface area contributed by atoms with Crippen molar-refractivity contribution in [1.29, 1.82) is 0 Å². The molecule has 2 heterocycles. The molecule has 34 heavy (non-hydrogen) atoms. The van der Waals surface area contributed by atoms with Crippen molar-refractivity contribution in [2.24, 2.45) is 12.5 Å². The molecule has 0 N–H and O–H groups in total. The number of hydrogen-bond donors (Lipinski definition) is 0. The van der Waals surface area contributed by atoms with Crippen LogP contribution in [0.2, 0.25) is 0 Å². The highest BCUT2D eigenvalue weighted by atomic mass is 19.3. The summed E-state index contributed by atoms with van der Waals surface area (Å²) >= 11 is 0. The molecule has 0 saturated heterocycles. The van der Waals surface area contributed by atoms with E-state index >= 15 is 0 Å². The second-order valence-corrected chi connectivity index (χ2v) is 9.28. The second kappa shape index (κ2) is 8.89. The molecule has 0 unspecified atom stereocenters. The maximum Gasteiger partial charge on any atom is 0.387 e. The summed E-state index contributed by atoms with van der Waals surface area (Å²) in [6.07, 6.45) is 5.41. The number of aromatic nitrogens is 4. The van der Waals surface area contributed by atoms with E-state index in [2.05, 4.69) is 10.1 Å². The van der Waals surface area contributed by atoms with Gasteiger partial charge in [-0.15, -0.1) is 0 Å². The molecule has 7 nitrogen and oxygen atoms in total. The number of ketones is 1. The first kappa shape index (κ1) is 23.4. The molecule has 0 aliphatic rings. The average molecular weight is 469 g/mol. The minimum atomic E-state index is -3.09. The number of imidazole rings is 1. The van der Waals surface area contributed by atoms with E-state index in [0.29, 0.717) is 11.2 Å². The van der Waals surface area contributed by atoms with Crippen LogP contribution < -0.4 is 9.47 Å². The number of halogens is 2. The van der Waals surface area contributed by atoms with Gasteiger partial charge in [-0.05, 0) is 23.1 Å². The summed E-state index contributed by atoms with van der Waals surface area (Å²) in [7, 11) is 3.24. The molecule has 2 aromatic heterocycles. The first-order valence-electron chi connectivity index (χ1n) is 10.7. The number of rotatable bonds is 7. The Hall–Kier alpha value is -3.75. The molecule has 0 bridgehead atoms. The quantitative estimate of drug-likeness (QED) is 0.328. The van der Waals surface area contributed by atoms with Gasteiger partial charge in [0.1, 0.15) is 23.4 Å². The summed E-state index contributed by atoms with van der Waals surface area (Å²) in [6.45, 7) is 2.60. The summed E-state index contributed by atoms with van der Waals surface area (Å²) in [6, 6.07) is 8.80. The van der Waals surface area contributed by atoms with Crippen molar-refractivity contribution in [3.63, 3.8) is 0 Å². The molecule has 0 spiro atoms. The number of alkyl halides is 2. The van der Waals surface area contributed by atoms with Crippen molar-refractivity contribution in [3.05, 3.63) is 54.6 Å². The van der Waals surface area contributed by atoms with Crippen LogP contribution in [0.5, 0.6) is 11.5 Å². The number of nitrogens with zero attached hydrogens (tertiary/aromatic N) is 4. The maximum atomic E-state index is 13.3. The van der Waals surface area contributed by atoms with Gasteiger partial charge in [-0.1, -0.05) is 26.8 Å². The van der Waals surface area contributed by atoms with E-state index in [1.165, 1.54) is 13.2 Å². The topological polar surface area (TPSA) is 71.2 Å². The third-order valence-corrected chi connectivity index (χ3v) is 5.32. The van der Waals surface area contributed by atoms with Crippen molar-refractivity contribution in [2.45, 2.75) is 33.8 Å². The van der Waals surface area contributed by atoms with E-state index in [1.54, 1.807) is 27.8 Å². The van der Waals surface area contributed by atoms with Crippen LogP contribution in [0, 0.1) is 5.41 Å². The van der Waals surface area contributed by atoms with Crippen LogP contribution in [-0.4, -0.2) is 38.8 Å². The van der Waals surface area contributed by atoms with Crippen molar-refractivity contribution < 1.29 is 23.0 Å². The van der Waals surface area contributed by atoms with Crippen LogP contribution in [0.15, 0.2) is 49.1 Å². The van der Waals surface area contributed by atoms with E-state index in [1.807, 2.05) is 52.2 Å². The van der Waals surface area contributed by atoms with E-state index in [9.17, 15) is 13.6 Å². The fourth-order valence-corrected chi connectivity index (χ4v) is 3.88. The first-order chi connectivity index (χ1) is 16.1. The summed E-state index contributed by atoms with van der Waals surface area (Å²) in [5, 5.41) is 4.20. The number of aryl methyl sites for hydroxylation is 1. The summed E-state index contributed by atoms with van der Waals surface area (Å²) in [5.74, 6) is -0.396. The van der Waals surface area contributed by atoms with Crippen molar-refractivity contribution in [2.75, 3.05) is 7.11 Å². The Morgan fingerprint density at radius 3 is 2.47 bits per heavy atom. The summed E-state index contributed by atoms with van der Waals surface area (Å²) in [5.41, 5.74) is 3.52. The fraction of sp³-hybridized carbons (Fsp3) is 0.320. The van der Waals surface area contributed by atoms with Gasteiger partial charge in [0.25, 0.3) is 0 Å². The van der Waals surface area contributed by atoms with E-state index in [0.717, 1.165) is 16.6 Å². The molecule has 0 fully saturated rings. The molecule has 2 aromatic carbocycles. The Balaban J connectivity index is 1.81. The fourth-order valence-electron chi connectivity index (χ4n) is 3.88. The number of ether oxygens (including phenoxy) is 2. The lowest BCUT2D eigenvalue weighted by Crippen LogP contribution is -2.16. The van der Waals surface area contributed by atoms with Gasteiger partial charge < -0.3 is 9.47 Å². The second-order valence-electron chi connectivity index (χ2n) is 9.28. The Morgan fingerprint density at radius 2 is 1.85 bits per heavy atom. The van der Waals surface area contributed by atoms with Crippen LogP contribution in [-0.2, 0) is 7.05 Å². The zero-order valence-corrected chi connectivity index (χ0v) is 19.7. The standard InChI is InChI=1S/C25H26F2N4O3/c1-25(2,3)11-20(32)23-21(33-5)9-17(10-22(23)34-24(26)27)31-14-28-18-8-15(6-7-19(18)31)16-12-29-30(4)13-16/h6-10,12-14,24H,11H2,1-5H3. The van der Waals surface area contributed by atoms with Gasteiger partial charge in [-0.2, -0.15) is 13.9 Å². The summed E-state index contributed by atoms with van der Waals surface area (Å²) < 4.78 is 40.2. The van der Waals surface area contributed by atoms with Crippen LogP contribution in [0.25, 0.3) is 27.8 Å². The monoisotopic (exact) mass is 468 g/mol. The molecular weight excluding hydrogens is 442 g/mol. The Bertz CT molecular complexity index is 1350. The van der Waals surface area contributed by atoms with Gasteiger partial charge in [0.05, 0.1) is 30.0 Å². The zero-order chi connectivity index (χ0) is 24.6. The molecule has 0 amide bonds. The zero-order valence-electron chi connectivity index (χ0n) is 19.7. The van der Waals surface area contributed by atoms with Gasteiger partial charge in [0.2, 0.25) is 0 Å². The SMILES string of the molecule is COc1cc(-n2cnc3cc(-c4cnn(C)c4)ccc32)cc(OC(F)F)c1C(=O)CC(C)(C)C. The Morgan fingerprint density at radius 1 is 1.12 bits per heavy atom. The number of methoxy groups -OCH3 is 1. The van der Waals surface area contributed by atoms with E-state index in [-0.39, 0.29) is 34.7 Å². The molecule has 0 atom stereocenters. The summed E-state index contributed by atoms with van der Waals surface area (Å²) in [4.78, 5) is 17.5. The molecule has 9 heteroatoms. The average Bonchev–Trinajstić information content (AvgIpc) is 3.37. The lowest BCUT2D eigenvalue weighted by Gasteiger charge is -2.20. The highest BCUT2D eigenvalue weighted by molar-refractivity contribution is 6.02. The predicted molar refractivity (Wildman–Crippen MR) is 125 cm³/mol. The molecule has 4 rings (SSSR count). The van der Waals surface area contributed by atoms with Gasteiger partial charge in [-0.25, -0.2) is 4.98 Å². The lowest BCUT2D eigenvalue weighted by molar-refractivity contribution is -0.0502. The number of carbonyl (C=O) groups is 1. The first-order valence-corrected chi connectivity index (χ1v) is 10.7. The number of hydrogen-bond acceptors (Lipinski definition) is 5. The largest absolute Gasteiger partial charge is 0.496 e. The van der Waals surface area contributed by atoms with Gasteiger partial charge >= 0.3 is 6.61 Å². The van der Waals surface area contributed by atoms with Crippen LogP contribution in [0.3, 0.4) is 0 Å². The minimum absolute atomic E-state index is 0.00441. The Kier molecular flexibility index (Phi) is 6.12. The minimum Gasteiger partial charge on any atom is -0.496 e. The van der Waals surface area contributed by atoms with Crippen molar-refractivity contribution >= 4 is 16.8 Å². The lowest BCUT2D eigenvalue weighted by atomic mass is 9.87. The number of fused-ring (bicyclic) bond motifs is 1. The predicted octanol–water partition coefficient (Wildman–Crippen LogP) is 5.65. The van der Waals surface area contributed by atoms with Crippen LogP contribution in [0.4, 0.5) is 8.78 Å². The van der Waals surface area contributed by atoms with Gasteiger partial charge in [0, 0.05) is 37.4 Å². The third kappa shape index (κ3) is 4.78. The number of benzene rings is 2. The van der Waals surface area contributed by atoms with Crippen molar-refractivity contribution in [1.82, 2.24) is 19.3 Å². The molecular formula is C25H26F2N4O3. The highest BCUT2D eigenvalue weighted by Crippen LogP contribution is 2.37. The smallest absolute Gasteiger partial charge is 0.387 e. The normalized spacial score (nSPS) is 11.9. The van der Waals surface area contributed by atoms with Gasteiger partial charge in [0.15, 0.2) is 5.78 Å². The molecule has 0 saturated carbocycles. The molecule has 0 radical (unpaired) electrons. The molecule has 0 aliphatic carbocycles. The van der Waals surface area contributed by atoms with Gasteiger partial charge in [-0.3, -0.25) is 14.0 Å². The van der Waals surface area contributed by atoms with E-state index < -0.39 is 6.61 Å². The van der Waals surface area contributed by atoms with Crippen LogP contribution >= 0.6 is 0 Å². The third-order valence-electron chi connectivity index (χ3n) is 5.32. The Labute approximate surface area is 195 Å². The highest BCUT2D eigenvalue weighted by Gasteiger charge is 2.26.